The van der Waals surface area contributed by atoms with Crippen molar-refractivity contribution in [2.45, 2.75) is 6.92 Å². The van der Waals surface area contributed by atoms with Crippen molar-refractivity contribution in [2.24, 2.45) is 0 Å². The third-order valence-electron chi connectivity index (χ3n) is 3.82. The first-order chi connectivity index (χ1) is 12.3. The lowest BCUT2D eigenvalue weighted by Crippen LogP contribution is -1.95. The van der Waals surface area contributed by atoms with Crippen LogP contribution in [0.1, 0.15) is 16.8 Å². The van der Waals surface area contributed by atoms with Crippen LogP contribution in [-0.2, 0) is 0 Å². The van der Waals surface area contributed by atoms with Crippen molar-refractivity contribution in [3.05, 3.63) is 83.8 Å². The quantitative estimate of drug-likeness (QED) is 0.537. The molecule has 2 aromatic heterocycles. The number of fused-ring (bicyclic) bond motifs is 1. The number of aromatic amines is 1. The molecular weight excluding hydrogens is 308 g/mol. The molecule has 0 aliphatic rings. The molecule has 4 nitrogen and oxygen atoms in total. The van der Waals surface area contributed by atoms with Gasteiger partial charge in [0.25, 0.3) is 0 Å². The Morgan fingerprint density at radius 3 is 2.64 bits per heavy atom. The Morgan fingerprint density at radius 2 is 1.80 bits per heavy atom. The molecule has 0 saturated heterocycles. The molecule has 0 amide bonds. The van der Waals surface area contributed by atoms with Crippen LogP contribution < -0.4 is 5.32 Å². The van der Waals surface area contributed by atoms with E-state index in [-0.39, 0.29) is 0 Å². The minimum Gasteiger partial charge on any atom is -0.340 e. The largest absolute Gasteiger partial charge is 0.340 e. The maximum atomic E-state index is 4.37. The Morgan fingerprint density at radius 1 is 0.920 bits per heavy atom. The zero-order chi connectivity index (χ0) is 17.1. The van der Waals surface area contributed by atoms with E-state index >= 15 is 0 Å². The topological polar surface area (TPSA) is 53.6 Å². The molecule has 0 saturated carbocycles. The molecular formula is C21H16N4. The predicted octanol–water partition coefficient (Wildman–Crippen LogP) is 4.41. The van der Waals surface area contributed by atoms with Crippen molar-refractivity contribution in [1.82, 2.24) is 15.0 Å². The van der Waals surface area contributed by atoms with Gasteiger partial charge in [0.05, 0.1) is 11.1 Å². The molecule has 0 radical (unpaired) electrons. The summed E-state index contributed by atoms with van der Waals surface area (Å²) in [4.78, 5) is 11.9. The molecule has 0 aliphatic heterocycles. The summed E-state index contributed by atoms with van der Waals surface area (Å²) in [5, 5.41) is 4.27. The summed E-state index contributed by atoms with van der Waals surface area (Å²) in [6, 6.07) is 20.1. The number of benzene rings is 2. The molecule has 4 aromatic rings. The molecule has 0 fully saturated rings. The Bertz CT molecular complexity index is 1090. The van der Waals surface area contributed by atoms with Crippen LogP contribution in [-0.4, -0.2) is 15.0 Å². The van der Waals surface area contributed by atoms with Crippen molar-refractivity contribution >= 4 is 22.5 Å². The number of aryl methyl sites for hydroxylation is 1. The smallest absolute Gasteiger partial charge is 0.143 e. The van der Waals surface area contributed by atoms with Crippen LogP contribution in [0.2, 0.25) is 0 Å². The summed E-state index contributed by atoms with van der Waals surface area (Å²) in [6.45, 7) is 2.06. The number of nitrogens with one attached hydrogen (secondary N) is 2. The molecule has 4 rings (SSSR count). The fourth-order valence-corrected chi connectivity index (χ4v) is 2.63. The molecule has 2 N–H and O–H groups in total. The monoisotopic (exact) mass is 324 g/mol. The molecule has 0 spiro atoms. The van der Waals surface area contributed by atoms with Gasteiger partial charge in [0.2, 0.25) is 0 Å². The molecule has 2 aromatic carbocycles. The summed E-state index contributed by atoms with van der Waals surface area (Å²) in [5.41, 5.74) is 4.75. The van der Waals surface area contributed by atoms with Gasteiger partial charge >= 0.3 is 0 Å². The van der Waals surface area contributed by atoms with Crippen LogP contribution in [0.4, 0.5) is 11.5 Å². The number of anilines is 2. The van der Waals surface area contributed by atoms with E-state index in [2.05, 4.69) is 51.2 Å². The van der Waals surface area contributed by atoms with E-state index < -0.39 is 0 Å². The van der Waals surface area contributed by atoms with Crippen LogP contribution in [0.15, 0.2) is 67.0 Å². The van der Waals surface area contributed by atoms with Crippen molar-refractivity contribution in [1.29, 1.82) is 0 Å². The molecule has 0 bridgehead atoms. The molecule has 0 unspecified atom stereocenters. The van der Waals surface area contributed by atoms with E-state index in [1.807, 2.05) is 48.5 Å². The summed E-state index contributed by atoms with van der Waals surface area (Å²) in [7, 11) is 0. The molecule has 0 atom stereocenters. The lowest BCUT2D eigenvalue weighted by Gasteiger charge is -2.06. The van der Waals surface area contributed by atoms with E-state index in [0.717, 1.165) is 33.8 Å². The first kappa shape index (κ1) is 15.0. The number of nitrogens with zero attached hydrogens (tertiary/aromatic N) is 2. The van der Waals surface area contributed by atoms with Crippen LogP contribution in [0.25, 0.3) is 11.0 Å². The molecule has 120 valence electrons. The van der Waals surface area contributed by atoms with E-state index in [1.165, 1.54) is 5.56 Å². The average molecular weight is 324 g/mol. The minimum absolute atomic E-state index is 0.764. The van der Waals surface area contributed by atoms with E-state index in [1.54, 1.807) is 6.33 Å². The van der Waals surface area contributed by atoms with Gasteiger partial charge in [-0.25, -0.2) is 9.97 Å². The number of hydrogen-bond donors (Lipinski definition) is 2. The fourth-order valence-electron chi connectivity index (χ4n) is 2.63. The standard InChI is InChI=1S/C21H16N4/c1-15-6-5-9-17(12-15)24-20-19-13-18(25-21(19)23-14-22-20)11-10-16-7-3-2-4-8-16/h2-9,12-14H,1H3,(H2,22,23,24,25). The highest BCUT2D eigenvalue weighted by Gasteiger charge is 2.07. The summed E-state index contributed by atoms with van der Waals surface area (Å²) in [6.07, 6.45) is 1.55. The molecule has 0 aliphatic carbocycles. The Kier molecular flexibility index (Phi) is 3.89. The zero-order valence-electron chi connectivity index (χ0n) is 13.7. The van der Waals surface area contributed by atoms with Gasteiger partial charge in [-0.05, 0) is 48.7 Å². The molecule has 4 heteroatoms. The van der Waals surface area contributed by atoms with Gasteiger partial charge in [0, 0.05) is 11.3 Å². The van der Waals surface area contributed by atoms with Crippen molar-refractivity contribution < 1.29 is 0 Å². The van der Waals surface area contributed by atoms with Crippen molar-refractivity contribution in [3.63, 3.8) is 0 Å². The Balaban J connectivity index is 1.68. The van der Waals surface area contributed by atoms with E-state index in [4.69, 9.17) is 0 Å². The SMILES string of the molecule is Cc1cccc(Nc2ncnc3[nH]c(C#Cc4ccccc4)cc23)c1. The van der Waals surface area contributed by atoms with Crippen LogP contribution in [0.5, 0.6) is 0 Å². The first-order valence-electron chi connectivity index (χ1n) is 8.02. The van der Waals surface area contributed by atoms with Crippen molar-refractivity contribution in [3.8, 4) is 11.8 Å². The Labute approximate surface area is 146 Å². The maximum absolute atomic E-state index is 4.37. The highest BCUT2D eigenvalue weighted by molar-refractivity contribution is 5.90. The lowest BCUT2D eigenvalue weighted by atomic mass is 10.2. The number of hydrogen-bond acceptors (Lipinski definition) is 3. The van der Waals surface area contributed by atoms with Crippen LogP contribution in [0.3, 0.4) is 0 Å². The van der Waals surface area contributed by atoms with Gasteiger partial charge in [0.1, 0.15) is 17.8 Å². The first-order valence-corrected chi connectivity index (χ1v) is 8.02. The fraction of sp³-hybridized carbons (Fsp3) is 0.0476. The van der Waals surface area contributed by atoms with Gasteiger partial charge in [-0.2, -0.15) is 0 Å². The third kappa shape index (κ3) is 3.36. The zero-order valence-corrected chi connectivity index (χ0v) is 13.7. The Hall–Kier alpha value is -3.58. The van der Waals surface area contributed by atoms with Gasteiger partial charge in [-0.1, -0.05) is 36.3 Å². The average Bonchev–Trinajstić information content (AvgIpc) is 3.05. The molecule has 25 heavy (non-hydrogen) atoms. The minimum atomic E-state index is 0.764. The lowest BCUT2D eigenvalue weighted by molar-refractivity contribution is 1.19. The van der Waals surface area contributed by atoms with Crippen molar-refractivity contribution in [2.75, 3.05) is 5.32 Å². The maximum Gasteiger partial charge on any atom is 0.143 e. The van der Waals surface area contributed by atoms with E-state index in [9.17, 15) is 0 Å². The van der Waals surface area contributed by atoms with Gasteiger partial charge in [-0.3, -0.25) is 0 Å². The van der Waals surface area contributed by atoms with Gasteiger partial charge in [0.15, 0.2) is 0 Å². The highest BCUT2D eigenvalue weighted by atomic mass is 15.0. The predicted molar refractivity (Wildman–Crippen MR) is 101 cm³/mol. The van der Waals surface area contributed by atoms with Crippen LogP contribution >= 0.6 is 0 Å². The number of H-pyrrole nitrogens is 1. The second-order valence-corrected chi connectivity index (χ2v) is 5.78. The summed E-state index contributed by atoms with van der Waals surface area (Å²) in [5.74, 6) is 7.06. The highest BCUT2D eigenvalue weighted by Crippen LogP contribution is 2.24. The second-order valence-electron chi connectivity index (χ2n) is 5.78. The molecule has 2 heterocycles. The normalized spacial score (nSPS) is 10.3. The van der Waals surface area contributed by atoms with Gasteiger partial charge < -0.3 is 10.3 Å². The summed E-state index contributed by atoms with van der Waals surface area (Å²) >= 11 is 0. The van der Waals surface area contributed by atoms with E-state index in [0.29, 0.717) is 0 Å². The number of aromatic nitrogens is 3. The third-order valence-corrected chi connectivity index (χ3v) is 3.82. The summed E-state index contributed by atoms with van der Waals surface area (Å²) < 4.78 is 0. The van der Waals surface area contributed by atoms with Crippen LogP contribution in [0, 0.1) is 18.8 Å². The number of rotatable bonds is 2. The second kappa shape index (κ2) is 6.50. The van der Waals surface area contributed by atoms with Gasteiger partial charge in [-0.15, -0.1) is 0 Å².